The minimum absolute atomic E-state index is 0.193. The Morgan fingerprint density at radius 3 is 2.68 bits per heavy atom. The fourth-order valence-corrected chi connectivity index (χ4v) is 2.05. The Kier molecular flexibility index (Phi) is 4.57. The summed E-state index contributed by atoms with van der Waals surface area (Å²) < 4.78 is 6.07. The van der Waals surface area contributed by atoms with Gasteiger partial charge < -0.3 is 9.72 Å². The molecule has 0 bridgehead atoms. The van der Waals surface area contributed by atoms with E-state index in [-0.39, 0.29) is 5.56 Å². The third kappa shape index (κ3) is 3.34. The van der Waals surface area contributed by atoms with E-state index in [0.29, 0.717) is 21.1 Å². The van der Waals surface area contributed by atoms with Crippen LogP contribution in [-0.2, 0) is 0 Å². The highest BCUT2D eigenvalue weighted by atomic mass is 127. The van der Waals surface area contributed by atoms with Crippen LogP contribution in [0.4, 0.5) is 0 Å². The Bertz CT molecular complexity index is 608. The number of H-pyrrole nitrogens is 1. The van der Waals surface area contributed by atoms with E-state index in [0.717, 1.165) is 6.42 Å². The minimum atomic E-state index is -0.193. The molecule has 19 heavy (non-hydrogen) atoms. The largest absolute Gasteiger partial charge is 0.438 e. The maximum atomic E-state index is 11.4. The standard InChI is InChI=1S/C14H15IN2O2/c1-3-9(2)10-4-6-11(7-5-10)19-14-12(15)13(18)16-8-17-14/h4-9H,3H2,1-2H3,(H,16,17,18). The Morgan fingerprint density at radius 2 is 2.05 bits per heavy atom. The molecule has 1 aromatic carbocycles. The molecule has 100 valence electrons. The first-order valence-electron chi connectivity index (χ1n) is 6.12. The highest BCUT2D eigenvalue weighted by molar-refractivity contribution is 14.1. The van der Waals surface area contributed by atoms with E-state index >= 15 is 0 Å². The molecular formula is C14H15IN2O2. The van der Waals surface area contributed by atoms with Gasteiger partial charge in [-0.2, -0.15) is 0 Å². The Morgan fingerprint density at radius 1 is 1.37 bits per heavy atom. The van der Waals surface area contributed by atoms with Crippen LogP contribution < -0.4 is 10.3 Å². The summed E-state index contributed by atoms with van der Waals surface area (Å²) in [7, 11) is 0. The van der Waals surface area contributed by atoms with Gasteiger partial charge in [-0.25, -0.2) is 4.98 Å². The number of halogens is 1. The predicted molar refractivity (Wildman–Crippen MR) is 82.8 cm³/mol. The molecule has 0 saturated carbocycles. The summed E-state index contributed by atoms with van der Waals surface area (Å²) in [6, 6.07) is 7.90. The predicted octanol–water partition coefficient (Wildman–Crippen LogP) is 3.68. The molecule has 0 fully saturated rings. The number of hydrogen-bond donors (Lipinski definition) is 1. The zero-order valence-electron chi connectivity index (χ0n) is 10.8. The summed E-state index contributed by atoms with van der Waals surface area (Å²) in [5, 5.41) is 0. The van der Waals surface area contributed by atoms with Crippen LogP contribution in [0.25, 0.3) is 0 Å². The van der Waals surface area contributed by atoms with Crippen molar-refractivity contribution in [2.24, 2.45) is 0 Å². The Labute approximate surface area is 125 Å². The van der Waals surface area contributed by atoms with Gasteiger partial charge in [0.1, 0.15) is 9.32 Å². The van der Waals surface area contributed by atoms with Gasteiger partial charge in [0.25, 0.3) is 5.56 Å². The fraction of sp³-hybridized carbons (Fsp3) is 0.286. The van der Waals surface area contributed by atoms with Crippen LogP contribution in [0, 0.1) is 3.57 Å². The molecule has 0 aliphatic heterocycles. The van der Waals surface area contributed by atoms with Crippen molar-refractivity contribution in [2.45, 2.75) is 26.2 Å². The molecule has 0 aliphatic carbocycles. The quantitative estimate of drug-likeness (QED) is 0.836. The first-order valence-corrected chi connectivity index (χ1v) is 7.20. The van der Waals surface area contributed by atoms with E-state index in [1.54, 1.807) is 0 Å². The number of nitrogens with zero attached hydrogens (tertiary/aromatic N) is 1. The zero-order chi connectivity index (χ0) is 13.8. The molecule has 0 amide bonds. The second-order valence-electron chi connectivity index (χ2n) is 4.33. The van der Waals surface area contributed by atoms with Gasteiger partial charge in [-0.1, -0.05) is 26.0 Å². The number of aromatic amines is 1. The normalized spacial score (nSPS) is 12.2. The topological polar surface area (TPSA) is 55.0 Å². The molecule has 2 aromatic rings. The summed E-state index contributed by atoms with van der Waals surface area (Å²) in [6.45, 7) is 4.36. The molecule has 1 unspecified atom stereocenters. The summed E-state index contributed by atoms with van der Waals surface area (Å²) >= 11 is 1.92. The molecule has 1 aromatic heterocycles. The fourth-order valence-electron chi connectivity index (χ4n) is 1.65. The van der Waals surface area contributed by atoms with Crippen molar-refractivity contribution in [3.8, 4) is 11.6 Å². The van der Waals surface area contributed by atoms with Crippen molar-refractivity contribution in [1.82, 2.24) is 9.97 Å². The molecule has 2 rings (SSSR count). The van der Waals surface area contributed by atoms with Gasteiger partial charge in [0.15, 0.2) is 0 Å². The summed E-state index contributed by atoms with van der Waals surface area (Å²) in [4.78, 5) is 18.0. The molecule has 5 heteroatoms. The number of nitrogens with one attached hydrogen (secondary N) is 1. The molecule has 1 atom stereocenters. The van der Waals surface area contributed by atoms with Crippen LogP contribution in [0.2, 0.25) is 0 Å². The Balaban J connectivity index is 2.20. The van der Waals surface area contributed by atoms with E-state index in [9.17, 15) is 4.79 Å². The van der Waals surface area contributed by atoms with Crippen molar-refractivity contribution < 1.29 is 4.74 Å². The smallest absolute Gasteiger partial charge is 0.268 e. The zero-order valence-corrected chi connectivity index (χ0v) is 13.0. The van der Waals surface area contributed by atoms with Gasteiger partial charge >= 0.3 is 0 Å². The second kappa shape index (κ2) is 6.18. The van der Waals surface area contributed by atoms with Crippen molar-refractivity contribution >= 4 is 22.6 Å². The average molecular weight is 370 g/mol. The number of rotatable bonds is 4. The average Bonchev–Trinajstić information content (AvgIpc) is 2.44. The van der Waals surface area contributed by atoms with Gasteiger partial charge in [-0.05, 0) is 52.6 Å². The molecular weight excluding hydrogens is 355 g/mol. The summed E-state index contributed by atoms with van der Waals surface area (Å²) in [6.07, 6.45) is 2.45. The van der Waals surface area contributed by atoms with Crippen LogP contribution in [-0.4, -0.2) is 9.97 Å². The van der Waals surface area contributed by atoms with Crippen molar-refractivity contribution in [1.29, 1.82) is 0 Å². The van der Waals surface area contributed by atoms with Crippen molar-refractivity contribution in [3.05, 3.63) is 50.1 Å². The van der Waals surface area contributed by atoms with Crippen LogP contribution in [0.15, 0.2) is 35.4 Å². The van der Waals surface area contributed by atoms with Crippen LogP contribution in [0.3, 0.4) is 0 Å². The molecule has 4 nitrogen and oxygen atoms in total. The third-order valence-electron chi connectivity index (χ3n) is 3.04. The lowest BCUT2D eigenvalue weighted by atomic mass is 9.99. The van der Waals surface area contributed by atoms with E-state index in [2.05, 4.69) is 23.8 Å². The summed E-state index contributed by atoms with van der Waals surface area (Å²) in [5.41, 5.74) is 1.09. The third-order valence-corrected chi connectivity index (χ3v) is 3.99. The monoisotopic (exact) mass is 370 g/mol. The highest BCUT2D eigenvalue weighted by Crippen LogP contribution is 2.25. The SMILES string of the molecule is CCC(C)c1ccc(Oc2nc[nH]c(=O)c2I)cc1. The van der Waals surface area contributed by atoms with E-state index < -0.39 is 0 Å². The number of benzene rings is 1. The van der Waals surface area contributed by atoms with Crippen molar-refractivity contribution in [3.63, 3.8) is 0 Å². The van der Waals surface area contributed by atoms with Gasteiger partial charge in [-0.15, -0.1) is 0 Å². The lowest BCUT2D eigenvalue weighted by Gasteiger charge is -2.10. The highest BCUT2D eigenvalue weighted by Gasteiger charge is 2.08. The van der Waals surface area contributed by atoms with Gasteiger partial charge in [0, 0.05) is 0 Å². The van der Waals surface area contributed by atoms with E-state index in [1.807, 2.05) is 46.9 Å². The molecule has 1 N–H and O–H groups in total. The van der Waals surface area contributed by atoms with Gasteiger partial charge in [0.05, 0.1) is 6.33 Å². The number of hydrogen-bond acceptors (Lipinski definition) is 3. The maximum Gasteiger partial charge on any atom is 0.268 e. The van der Waals surface area contributed by atoms with E-state index in [1.165, 1.54) is 11.9 Å². The van der Waals surface area contributed by atoms with Crippen molar-refractivity contribution in [2.75, 3.05) is 0 Å². The van der Waals surface area contributed by atoms with Crippen LogP contribution in [0.5, 0.6) is 11.6 Å². The minimum Gasteiger partial charge on any atom is -0.438 e. The first kappa shape index (κ1) is 14.0. The molecule has 0 spiro atoms. The maximum absolute atomic E-state index is 11.4. The molecule has 1 heterocycles. The molecule has 0 aliphatic rings. The first-order chi connectivity index (χ1) is 9.11. The molecule has 0 radical (unpaired) electrons. The Hall–Kier alpha value is -1.37. The van der Waals surface area contributed by atoms with E-state index in [4.69, 9.17) is 4.74 Å². The number of aromatic nitrogens is 2. The van der Waals surface area contributed by atoms with Gasteiger partial charge in [0.2, 0.25) is 5.88 Å². The summed E-state index contributed by atoms with van der Waals surface area (Å²) in [5.74, 6) is 1.55. The lowest BCUT2D eigenvalue weighted by molar-refractivity contribution is 0.456. The number of ether oxygens (including phenoxy) is 1. The van der Waals surface area contributed by atoms with Gasteiger partial charge in [-0.3, -0.25) is 4.79 Å². The lowest BCUT2D eigenvalue weighted by Crippen LogP contribution is -2.11. The molecule has 0 saturated heterocycles. The second-order valence-corrected chi connectivity index (χ2v) is 5.41. The van der Waals surface area contributed by atoms with Crippen LogP contribution >= 0.6 is 22.6 Å². The van der Waals surface area contributed by atoms with Crippen LogP contribution in [0.1, 0.15) is 31.7 Å².